The van der Waals surface area contributed by atoms with E-state index >= 15 is 0 Å². The number of hydrogen-bond donors (Lipinski definition) is 1. The van der Waals surface area contributed by atoms with Crippen LogP contribution in [0.3, 0.4) is 0 Å². The number of nitrogens with one attached hydrogen (secondary N) is 1. The third-order valence-corrected chi connectivity index (χ3v) is 3.89. The van der Waals surface area contributed by atoms with Gasteiger partial charge in [0.05, 0.1) is 5.69 Å². The van der Waals surface area contributed by atoms with Crippen molar-refractivity contribution in [1.82, 2.24) is 4.98 Å². The molecule has 2 heteroatoms. The van der Waals surface area contributed by atoms with Crippen molar-refractivity contribution in [3.8, 4) is 0 Å². The topological polar surface area (TPSA) is 24.9 Å². The highest BCUT2D eigenvalue weighted by atomic mass is 14.9. The molecule has 0 amide bonds. The Hall–Kier alpha value is -1.05. The van der Waals surface area contributed by atoms with Crippen LogP contribution in [0.15, 0.2) is 24.5 Å². The Kier molecular flexibility index (Phi) is 3.70. The van der Waals surface area contributed by atoms with Crippen molar-refractivity contribution < 1.29 is 0 Å². The second kappa shape index (κ2) is 5.07. The summed E-state index contributed by atoms with van der Waals surface area (Å²) >= 11 is 0. The molecule has 1 N–H and O–H groups in total. The van der Waals surface area contributed by atoms with E-state index < -0.39 is 0 Å². The van der Waals surface area contributed by atoms with Crippen molar-refractivity contribution in [2.45, 2.75) is 52.5 Å². The zero-order valence-electron chi connectivity index (χ0n) is 11.2. The molecule has 0 aromatic carbocycles. The zero-order valence-corrected chi connectivity index (χ0v) is 11.2. The lowest BCUT2D eigenvalue weighted by molar-refractivity contribution is 0.163. The van der Waals surface area contributed by atoms with Crippen LogP contribution in [-0.4, -0.2) is 11.0 Å². The number of aromatic nitrogens is 1. The van der Waals surface area contributed by atoms with Crippen LogP contribution in [0.25, 0.3) is 0 Å². The summed E-state index contributed by atoms with van der Waals surface area (Å²) in [7, 11) is 0. The monoisotopic (exact) mass is 232 g/mol. The van der Waals surface area contributed by atoms with Gasteiger partial charge in [-0.2, -0.15) is 0 Å². The summed E-state index contributed by atoms with van der Waals surface area (Å²) in [6.45, 7) is 7.09. The minimum absolute atomic E-state index is 0.389. The molecule has 94 valence electrons. The van der Waals surface area contributed by atoms with E-state index in [1.807, 2.05) is 18.5 Å². The number of nitrogens with zero attached hydrogens (tertiary/aromatic N) is 1. The van der Waals surface area contributed by atoms with Gasteiger partial charge in [-0.05, 0) is 36.3 Å². The molecule has 0 spiro atoms. The third kappa shape index (κ3) is 3.21. The minimum atomic E-state index is 0.389. The Morgan fingerprint density at radius 1 is 1.24 bits per heavy atom. The molecule has 0 bridgehead atoms. The molecule has 1 aromatic heterocycles. The van der Waals surface area contributed by atoms with E-state index in [0.717, 1.165) is 11.6 Å². The maximum Gasteiger partial charge on any atom is 0.0528 e. The van der Waals surface area contributed by atoms with Gasteiger partial charge >= 0.3 is 0 Å². The summed E-state index contributed by atoms with van der Waals surface area (Å²) < 4.78 is 0. The van der Waals surface area contributed by atoms with E-state index in [9.17, 15) is 0 Å². The fourth-order valence-electron chi connectivity index (χ4n) is 3.00. The molecule has 2 atom stereocenters. The van der Waals surface area contributed by atoms with Gasteiger partial charge in [0, 0.05) is 18.4 Å². The van der Waals surface area contributed by atoms with Gasteiger partial charge in [-0.3, -0.25) is 4.98 Å². The first-order chi connectivity index (χ1) is 8.07. The first-order valence-electron chi connectivity index (χ1n) is 6.74. The maximum atomic E-state index is 4.17. The van der Waals surface area contributed by atoms with Crippen molar-refractivity contribution in [2.75, 3.05) is 5.32 Å². The van der Waals surface area contributed by atoms with Crippen LogP contribution in [0, 0.1) is 11.3 Å². The van der Waals surface area contributed by atoms with Gasteiger partial charge in [-0.25, -0.2) is 0 Å². The molecular formula is C15H24N2. The predicted octanol–water partition coefficient (Wildman–Crippen LogP) is 4.10. The molecule has 1 aliphatic rings. The van der Waals surface area contributed by atoms with Gasteiger partial charge < -0.3 is 5.32 Å². The van der Waals surface area contributed by atoms with E-state index in [0.29, 0.717) is 11.5 Å². The summed E-state index contributed by atoms with van der Waals surface area (Å²) in [5, 5.41) is 3.67. The predicted molar refractivity (Wildman–Crippen MR) is 73.1 cm³/mol. The van der Waals surface area contributed by atoms with Crippen molar-refractivity contribution in [3.63, 3.8) is 0 Å². The van der Waals surface area contributed by atoms with Crippen LogP contribution < -0.4 is 5.32 Å². The summed E-state index contributed by atoms with van der Waals surface area (Å²) in [5.74, 6) is 0.761. The fraction of sp³-hybridized carbons (Fsp3) is 0.667. The molecule has 0 saturated heterocycles. The van der Waals surface area contributed by atoms with Crippen molar-refractivity contribution in [1.29, 1.82) is 0 Å². The molecule has 2 nitrogen and oxygen atoms in total. The van der Waals surface area contributed by atoms with Crippen LogP contribution in [0.5, 0.6) is 0 Å². The quantitative estimate of drug-likeness (QED) is 0.830. The fourth-order valence-corrected chi connectivity index (χ4v) is 3.00. The first-order valence-corrected chi connectivity index (χ1v) is 6.74. The third-order valence-electron chi connectivity index (χ3n) is 3.89. The molecule has 17 heavy (non-hydrogen) atoms. The molecule has 2 unspecified atom stereocenters. The lowest BCUT2D eigenvalue weighted by Gasteiger charge is -2.41. The largest absolute Gasteiger partial charge is 0.381 e. The smallest absolute Gasteiger partial charge is 0.0528 e. The van der Waals surface area contributed by atoms with Gasteiger partial charge in [0.15, 0.2) is 0 Å². The SMILES string of the molecule is CC(C)(C)C1CCCCC1Nc1cccnc1. The van der Waals surface area contributed by atoms with Crippen LogP contribution in [0.1, 0.15) is 46.5 Å². The van der Waals surface area contributed by atoms with Crippen LogP contribution in [-0.2, 0) is 0 Å². The Bertz CT molecular complexity index is 340. The lowest BCUT2D eigenvalue weighted by atomic mass is 9.69. The highest BCUT2D eigenvalue weighted by Crippen LogP contribution is 2.39. The van der Waals surface area contributed by atoms with Gasteiger partial charge in [-0.15, -0.1) is 0 Å². The average Bonchev–Trinajstić information content (AvgIpc) is 2.30. The average molecular weight is 232 g/mol. The highest BCUT2D eigenvalue weighted by molar-refractivity contribution is 5.41. The van der Waals surface area contributed by atoms with Crippen molar-refractivity contribution in [3.05, 3.63) is 24.5 Å². The Labute approximate surface area is 105 Å². The molecule has 0 radical (unpaired) electrons. The summed E-state index contributed by atoms with van der Waals surface area (Å²) in [5.41, 5.74) is 1.55. The number of anilines is 1. The zero-order chi connectivity index (χ0) is 12.3. The number of pyridine rings is 1. The van der Waals surface area contributed by atoms with E-state index in [1.165, 1.54) is 25.7 Å². The van der Waals surface area contributed by atoms with Crippen LogP contribution >= 0.6 is 0 Å². The summed E-state index contributed by atoms with van der Waals surface area (Å²) in [6.07, 6.45) is 9.12. The standard InChI is InChI=1S/C15H24N2/c1-15(2,3)13-8-4-5-9-14(13)17-12-7-6-10-16-11-12/h6-7,10-11,13-14,17H,4-5,8-9H2,1-3H3. The minimum Gasteiger partial charge on any atom is -0.381 e. The van der Waals surface area contributed by atoms with E-state index in [2.05, 4.69) is 37.1 Å². The van der Waals surface area contributed by atoms with Gasteiger partial charge in [0.1, 0.15) is 0 Å². The molecule has 1 heterocycles. The van der Waals surface area contributed by atoms with Crippen LogP contribution in [0.2, 0.25) is 0 Å². The molecule has 1 saturated carbocycles. The molecule has 1 aliphatic carbocycles. The second-order valence-corrected chi connectivity index (χ2v) is 6.25. The van der Waals surface area contributed by atoms with E-state index in [4.69, 9.17) is 0 Å². The maximum absolute atomic E-state index is 4.17. The molecule has 1 fully saturated rings. The molecule has 1 aromatic rings. The lowest BCUT2D eigenvalue weighted by Crippen LogP contribution is -2.39. The van der Waals surface area contributed by atoms with Crippen molar-refractivity contribution >= 4 is 5.69 Å². The Morgan fingerprint density at radius 2 is 2.00 bits per heavy atom. The first kappa shape index (κ1) is 12.4. The molecule has 2 rings (SSSR count). The van der Waals surface area contributed by atoms with E-state index in [1.54, 1.807) is 0 Å². The van der Waals surface area contributed by atoms with Gasteiger partial charge in [0.2, 0.25) is 0 Å². The molecule has 0 aliphatic heterocycles. The normalized spacial score (nSPS) is 25.6. The van der Waals surface area contributed by atoms with Gasteiger partial charge in [0.25, 0.3) is 0 Å². The number of rotatable bonds is 2. The molecular weight excluding hydrogens is 208 g/mol. The Balaban J connectivity index is 2.07. The second-order valence-electron chi connectivity index (χ2n) is 6.25. The summed E-state index contributed by atoms with van der Waals surface area (Å²) in [4.78, 5) is 4.17. The van der Waals surface area contributed by atoms with Gasteiger partial charge in [-0.1, -0.05) is 33.6 Å². The highest BCUT2D eigenvalue weighted by Gasteiger charge is 2.33. The number of hydrogen-bond acceptors (Lipinski definition) is 2. The Morgan fingerprint density at radius 3 is 2.65 bits per heavy atom. The summed E-state index contributed by atoms with van der Waals surface area (Å²) in [6, 6.07) is 4.71. The van der Waals surface area contributed by atoms with Crippen LogP contribution in [0.4, 0.5) is 5.69 Å². The van der Waals surface area contributed by atoms with Crippen molar-refractivity contribution in [2.24, 2.45) is 11.3 Å². The van der Waals surface area contributed by atoms with E-state index in [-0.39, 0.29) is 0 Å².